The second kappa shape index (κ2) is 9.58. The minimum atomic E-state index is -0.359. The maximum absolute atomic E-state index is 13.2. The minimum absolute atomic E-state index is 0.0223. The van der Waals surface area contributed by atoms with E-state index in [-0.39, 0.29) is 36.0 Å². The molecule has 1 saturated heterocycles. The fourth-order valence-corrected chi connectivity index (χ4v) is 4.59. The summed E-state index contributed by atoms with van der Waals surface area (Å²) in [4.78, 5) is 29.3. The van der Waals surface area contributed by atoms with E-state index in [9.17, 15) is 14.0 Å². The summed E-state index contributed by atoms with van der Waals surface area (Å²) in [6.45, 7) is 11.5. The molecule has 1 aromatic heterocycles. The van der Waals surface area contributed by atoms with Crippen LogP contribution in [0, 0.1) is 26.6 Å². The van der Waals surface area contributed by atoms with Crippen LogP contribution in [0.4, 0.5) is 4.39 Å². The molecular weight excluding hydrogens is 435 g/mol. The molecule has 0 radical (unpaired) electrons. The Bertz CT molecular complexity index is 1270. The molecule has 2 aromatic carbocycles. The summed E-state index contributed by atoms with van der Waals surface area (Å²) < 4.78 is 24.6. The largest absolute Gasteiger partial charge is 0.483 e. The van der Waals surface area contributed by atoms with Crippen LogP contribution >= 0.6 is 0 Å². The van der Waals surface area contributed by atoms with Gasteiger partial charge in [0.15, 0.2) is 6.61 Å². The number of ether oxygens (including phenoxy) is 1. The Morgan fingerprint density at radius 1 is 1.00 bits per heavy atom. The summed E-state index contributed by atoms with van der Waals surface area (Å²) >= 11 is 0. The quantitative estimate of drug-likeness (QED) is 0.523. The van der Waals surface area contributed by atoms with Crippen molar-refractivity contribution < 1.29 is 18.3 Å². The molecule has 0 unspecified atom stereocenters. The van der Waals surface area contributed by atoms with Gasteiger partial charge in [-0.2, -0.15) is 0 Å². The predicted octanol–water partition coefficient (Wildman–Crippen LogP) is 4.36. The van der Waals surface area contributed by atoms with Crippen molar-refractivity contribution in [3.05, 3.63) is 74.9 Å². The molecule has 6 nitrogen and oxygen atoms in total. The first-order valence-electron chi connectivity index (χ1n) is 11.6. The third-order valence-electron chi connectivity index (χ3n) is 6.91. The molecule has 4 rings (SSSR count). The van der Waals surface area contributed by atoms with Crippen LogP contribution in [-0.4, -0.2) is 47.5 Å². The van der Waals surface area contributed by atoms with Crippen molar-refractivity contribution >= 4 is 16.9 Å². The number of fused-ring (bicyclic) bond motifs is 1. The fraction of sp³-hybridized carbons (Fsp3) is 0.407. The number of amides is 1. The van der Waals surface area contributed by atoms with Crippen LogP contribution in [0.3, 0.4) is 0 Å². The number of hydrogen-bond donors (Lipinski definition) is 0. The summed E-state index contributed by atoms with van der Waals surface area (Å²) in [5, 5.41) is 0.869. The van der Waals surface area contributed by atoms with E-state index in [2.05, 4.69) is 11.8 Å². The topological polar surface area (TPSA) is 63.0 Å². The second-order valence-corrected chi connectivity index (χ2v) is 9.29. The molecule has 2 heterocycles. The smallest absolute Gasteiger partial charge is 0.339 e. The Hall–Kier alpha value is -3.19. The lowest BCUT2D eigenvalue weighted by Gasteiger charge is -2.44. The van der Waals surface area contributed by atoms with Crippen LogP contribution in [0.2, 0.25) is 0 Å². The van der Waals surface area contributed by atoms with Gasteiger partial charge in [-0.3, -0.25) is 9.69 Å². The van der Waals surface area contributed by atoms with Gasteiger partial charge in [0.1, 0.15) is 17.1 Å². The number of piperazine rings is 1. The zero-order valence-corrected chi connectivity index (χ0v) is 20.4. The average Bonchev–Trinajstić information content (AvgIpc) is 2.81. The first kappa shape index (κ1) is 24.0. The maximum atomic E-state index is 13.2. The lowest BCUT2D eigenvalue weighted by molar-refractivity contribution is -0.139. The van der Waals surface area contributed by atoms with Crippen molar-refractivity contribution in [1.29, 1.82) is 0 Å². The molecule has 1 aliphatic heterocycles. The van der Waals surface area contributed by atoms with Crippen molar-refractivity contribution in [2.24, 2.45) is 0 Å². The van der Waals surface area contributed by atoms with Crippen molar-refractivity contribution in [3.8, 4) is 5.75 Å². The van der Waals surface area contributed by atoms with Gasteiger partial charge in [0.05, 0.1) is 0 Å². The minimum Gasteiger partial charge on any atom is -0.483 e. The van der Waals surface area contributed by atoms with Crippen molar-refractivity contribution in [2.75, 3.05) is 19.7 Å². The lowest BCUT2D eigenvalue weighted by Crippen LogP contribution is -2.58. The van der Waals surface area contributed by atoms with Crippen molar-refractivity contribution in [2.45, 2.75) is 53.2 Å². The summed E-state index contributed by atoms with van der Waals surface area (Å²) in [6.07, 6.45) is 0. The SMILES string of the molecule is Cc1c(C)c2ccc(OCC(=O)N3C[C@@H](C)N(Cc4ccc(F)cc4)C[C@@H]3C)c(C)c2oc1=O. The molecule has 7 heteroatoms. The van der Waals surface area contributed by atoms with E-state index in [0.29, 0.717) is 35.5 Å². The molecular formula is C27H31FN2O4. The van der Waals surface area contributed by atoms with Gasteiger partial charge >= 0.3 is 5.63 Å². The van der Waals surface area contributed by atoms with Gasteiger partial charge in [-0.1, -0.05) is 12.1 Å². The van der Waals surface area contributed by atoms with Crippen LogP contribution < -0.4 is 10.4 Å². The number of carbonyl (C=O) groups is 1. The van der Waals surface area contributed by atoms with E-state index in [1.165, 1.54) is 12.1 Å². The van der Waals surface area contributed by atoms with Crippen LogP contribution in [0.5, 0.6) is 5.75 Å². The van der Waals surface area contributed by atoms with Gasteiger partial charge < -0.3 is 14.1 Å². The van der Waals surface area contributed by atoms with Crippen LogP contribution in [0.25, 0.3) is 11.0 Å². The van der Waals surface area contributed by atoms with Crippen LogP contribution in [0.1, 0.15) is 36.1 Å². The molecule has 2 atom stereocenters. The highest BCUT2D eigenvalue weighted by Gasteiger charge is 2.32. The summed E-state index contributed by atoms with van der Waals surface area (Å²) in [5.74, 6) is 0.208. The molecule has 1 fully saturated rings. The number of benzene rings is 2. The average molecular weight is 467 g/mol. The lowest BCUT2D eigenvalue weighted by atomic mass is 10.0. The molecule has 180 valence electrons. The molecule has 0 N–H and O–H groups in total. The molecule has 0 aliphatic carbocycles. The van der Waals surface area contributed by atoms with Gasteiger partial charge in [0, 0.05) is 48.2 Å². The number of nitrogens with zero attached hydrogens (tertiary/aromatic N) is 2. The number of rotatable bonds is 5. The maximum Gasteiger partial charge on any atom is 0.339 e. The van der Waals surface area contributed by atoms with Gasteiger partial charge in [-0.25, -0.2) is 9.18 Å². The molecule has 1 amide bonds. The van der Waals surface area contributed by atoms with E-state index in [4.69, 9.17) is 9.15 Å². The van der Waals surface area contributed by atoms with Gasteiger partial charge in [0.2, 0.25) is 0 Å². The number of hydrogen-bond acceptors (Lipinski definition) is 5. The second-order valence-electron chi connectivity index (χ2n) is 9.29. The Morgan fingerprint density at radius 3 is 2.41 bits per heavy atom. The Morgan fingerprint density at radius 2 is 1.71 bits per heavy atom. The molecule has 0 spiro atoms. The normalized spacial score (nSPS) is 18.9. The predicted molar refractivity (Wildman–Crippen MR) is 130 cm³/mol. The highest BCUT2D eigenvalue weighted by Crippen LogP contribution is 2.29. The summed E-state index contributed by atoms with van der Waals surface area (Å²) in [7, 11) is 0. The van der Waals surface area contributed by atoms with E-state index >= 15 is 0 Å². The highest BCUT2D eigenvalue weighted by atomic mass is 19.1. The van der Waals surface area contributed by atoms with Crippen LogP contribution in [-0.2, 0) is 11.3 Å². The number of halogens is 1. The van der Waals surface area contributed by atoms with E-state index < -0.39 is 0 Å². The van der Waals surface area contributed by atoms with E-state index in [1.807, 2.05) is 37.8 Å². The third-order valence-corrected chi connectivity index (χ3v) is 6.91. The van der Waals surface area contributed by atoms with Crippen LogP contribution in [0.15, 0.2) is 45.6 Å². The Labute approximate surface area is 198 Å². The Kier molecular flexibility index (Phi) is 6.75. The molecule has 1 aliphatic rings. The van der Waals surface area contributed by atoms with Gasteiger partial charge in [-0.05, 0) is 70.0 Å². The van der Waals surface area contributed by atoms with Crippen molar-refractivity contribution in [1.82, 2.24) is 9.80 Å². The van der Waals surface area contributed by atoms with Gasteiger partial charge in [-0.15, -0.1) is 0 Å². The first-order chi connectivity index (χ1) is 16.2. The molecule has 0 bridgehead atoms. The fourth-order valence-electron chi connectivity index (χ4n) is 4.59. The first-order valence-corrected chi connectivity index (χ1v) is 11.6. The molecule has 34 heavy (non-hydrogen) atoms. The zero-order valence-electron chi connectivity index (χ0n) is 20.4. The van der Waals surface area contributed by atoms with Crippen molar-refractivity contribution in [3.63, 3.8) is 0 Å². The monoisotopic (exact) mass is 466 g/mol. The van der Waals surface area contributed by atoms with Gasteiger partial charge in [0.25, 0.3) is 5.91 Å². The summed E-state index contributed by atoms with van der Waals surface area (Å²) in [5.41, 5.74) is 3.37. The number of carbonyl (C=O) groups excluding carboxylic acids is 1. The van der Waals surface area contributed by atoms with E-state index in [1.54, 1.807) is 19.1 Å². The Balaban J connectivity index is 1.42. The van der Waals surface area contributed by atoms with E-state index in [0.717, 1.165) is 23.1 Å². The molecule has 3 aromatic rings. The third kappa shape index (κ3) is 4.71. The standard InChI is InChI=1S/C27H31FN2O4/c1-16-13-30(17(2)12-29(16)14-21-6-8-22(28)9-7-21)25(31)15-33-24-11-10-23-18(3)19(4)27(32)34-26(23)20(24)5/h6-11,16-17H,12-15H2,1-5H3/t16-,17+/m1/s1. The highest BCUT2D eigenvalue weighted by molar-refractivity contribution is 5.86. The summed E-state index contributed by atoms with van der Waals surface area (Å²) in [6, 6.07) is 10.4. The molecule has 0 saturated carbocycles. The number of aryl methyl sites for hydroxylation is 2. The zero-order chi connectivity index (χ0) is 24.6.